The van der Waals surface area contributed by atoms with Crippen LogP contribution in [0.3, 0.4) is 0 Å². The van der Waals surface area contributed by atoms with Gasteiger partial charge in [-0.25, -0.2) is 4.76 Å². The summed E-state index contributed by atoms with van der Waals surface area (Å²) in [6.45, 7) is 0. The van der Waals surface area contributed by atoms with Crippen molar-refractivity contribution < 1.29 is 9.30 Å². The Hall–Kier alpha value is -2.64. The molecule has 0 radical (unpaired) electrons. The number of hydrogen-bond donors (Lipinski definition) is 0. The fraction of sp³-hybridized carbons (Fsp3) is 0.208. The summed E-state index contributed by atoms with van der Waals surface area (Å²) in [6.07, 6.45) is 3.55. The zero-order valence-corrected chi connectivity index (χ0v) is 16.8. The fourth-order valence-electron chi connectivity index (χ4n) is 4.02. The van der Waals surface area contributed by atoms with E-state index in [2.05, 4.69) is 24.3 Å². The van der Waals surface area contributed by atoms with Crippen molar-refractivity contribution in [2.24, 2.45) is 4.76 Å². The van der Waals surface area contributed by atoms with Crippen molar-refractivity contribution in [1.29, 1.82) is 0 Å². The SMILES string of the molecule is COc1ccc(/C=N\P2(=O)[C@H](c3ccccc3)CC[C@H]2c2ccccc2)cc1. The van der Waals surface area contributed by atoms with Crippen LogP contribution in [0.2, 0.25) is 0 Å². The van der Waals surface area contributed by atoms with Gasteiger partial charge in [-0.3, -0.25) is 4.57 Å². The summed E-state index contributed by atoms with van der Waals surface area (Å²) >= 11 is 0. The number of hydrogen-bond acceptors (Lipinski definition) is 2. The standard InChI is InChI=1S/C24H24NO2P/c1-27-22-14-12-19(13-15-22)18-25-28(26)23(20-8-4-2-5-9-20)16-17-24(28)21-10-6-3-7-11-21/h2-15,18,23-24H,16-17H2,1H3/b25-18-/t23-,24-/m0/s1. The van der Waals surface area contributed by atoms with Gasteiger partial charge in [0.05, 0.1) is 18.4 Å². The van der Waals surface area contributed by atoms with Gasteiger partial charge in [0.15, 0.2) is 0 Å². The second-order valence-corrected chi connectivity index (χ2v) is 9.94. The Labute approximate surface area is 166 Å². The van der Waals surface area contributed by atoms with Crippen molar-refractivity contribution in [2.45, 2.75) is 24.2 Å². The van der Waals surface area contributed by atoms with E-state index in [0.717, 1.165) is 35.3 Å². The first-order valence-corrected chi connectivity index (χ1v) is 11.4. The van der Waals surface area contributed by atoms with Crippen LogP contribution in [0.15, 0.2) is 89.7 Å². The quantitative estimate of drug-likeness (QED) is 0.361. The zero-order valence-electron chi connectivity index (χ0n) is 15.9. The minimum Gasteiger partial charge on any atom is -0.497 e. The highest BCUT2D eigenvalue weighted by Crippen LogP contribution is 2.77. The molecule has 1 fully saturated rings. The van der Waals surface area contributed by atoms with Crippen LogP contribution in [0.1, 0.15) is 40.8 Å². The molecular formula is C24H24NO2P. The molecule has 0 aliphatic carbocycles. The van der Waals surface area contributed by atoms with Gasteiger partial charge in [-0.05, 0) is 53.8 Å². The van der Waals surface area contributed by atoms with E-state index < -0.39 is 7.29 Å². The first-order valence-electron chi connectivity index (χ1n) is 9.59. The predicted molar refractivity (Wildman–Crippen MR) is 116 cm³/mol. The zero-order chi connectivity index (χ0) is 19.4. The third kappa shape index (κ3) is 3.68. The topological polar surface area (TPSA) is 38.7 Å². The van der Waals surface area contributed by atoms with Crippen molar-refractivity contribution in [2.75, 3.05) is 7.11 Å². The summed E-state index contributed by atoms with van der Waals surface area (Å²) in [4.78, 5) is 0. The minimum atomic E-state index is -2.88. The normalized spacial score (nSPS) is 21.0. The summed E-state index contributed by atoms with van der Waals surface area (Å²) in [7, 11) is -1.23. The largest absolute Gasteiger partial charge is 0.497 e. The molecular weight excluding hydrogens is 365 g/mol. The van der Waals surface area contributed by atoms with Crippen LogP contribution in [-0.2, 0) is 4.57 Å². The maximum atomic E-state index is 14.4. The third-order valence-electron chi connectivity index (χ3n) is 5.48. The molecule has 1 saturated heterocycles. The minimum absolute atomic E-state index is 0.0339. The molecule has 0 spiro atoms. The van der Waals surface area contributed by atoms with E-state index >= 15 is 0 Å². The van der Waals surface area contributed by atoms with Crippen LogP contribution < -0.4 is 4.74 Å². The maximum Gasteiger partial charge on any atom is 0.204 e. The molecule has 4 heteroatoms. The summed E-state index contributed by atoms with van der Waals surface area (Å²) in [5.74, 6) is 0.800. The Balaban J connectivity index is 1.73. The van der Waals surface area contributed by atoms with E-state index in [1.807, 2.05) is 60.7 Å². The molecule has 3 nitrogen and oxygen atoms in total. The highest BCUT2D eigenvalue weighted by molar-refractivity contribution is 7.63. The van der Waals surface area contributed by atoms with E-state index in [1.165, 1.54) is 0 Å². The Kier molecular flexibility index (Phi) is 5.45. The summed E-state index contributed by atoms with van der Waals surface area (Å²) < 4.78 is 24.4. The second-order valence-electron chi connectivity index (χ2n) is 7.12. The van der Waals surface area contributed by atoms with Crippen molar-refractivity contribution >= 4 is 13.5 Å². The highest BCUT2D eigenvalue weighted by Gasteiger charge is 2.47. The average molecular weight is 389 g/mol. The summed E-state index contributed by atoms with van der Waals surface area (Å²) in [5.41, 5.74) is 3.11. The Morgan fingerprint density at radius 1 is 0.821 bits per heavy atom. The van der Waals surface area contributed by atoms with Crippen molar-refractivity contribution in [3.8, 4) is 5.75 Å². The first kappa shape index (κ1) is 18.7. The molecule has 3 aromatic rings. The van der Waals surface area contributed by atoms with Crippen LogP contribution in [0, 0.1) is 0 Å². The second kappa shape index (κ2) is 8.16. The van der Waals surface area contributed by atoms with Crippen LogP contribution in [0.5, 0.6) is 5.75 Å². The molecule has 0 N–H and O–H groups in total. The molecule has 0 bridgehead atoms. The first-order chi connectivity index (χ1) is 13.7. The summed E-state index contributed by atoms with van der Waals surface area (Å²) in [5, 5.41) is 0. The summed E-state index contributed by atoms with van der Waals surface area (Å²) in [6, 6.07) is 28.1. The average Bonchev–Trinajstić information content (AvgIpc) is 3.11. The van der Waals surface area contributed by atoms with Crippen molar-refractivity contribution in [3.63, 3.8) is 0 Å². The lowest BCUT2D eigenvalue weighted by atomic mass is 10.0. The van der Waals surface area contributed by atoms with E-state index in [1.54, 1.807) is 13.3 Å². The maximum absolute atomic E-state index is 14.4. The van der Waals surface area contributed by atoms with Crippen molar-refractivity contribution in [1.82, 2.24) is 0 Å². The lowest BCUT2D eigenvalue weighted by Crippen LogP contribution is -1.98. The lowest BCUT2D eigenvalue weighted by molar-refractivity contribution is 0.415. The molecule has 4 rings (SSSR count). The number of ether oxygens (including phenoxy) is 1. The van der Waals surface area contributed by atoms with Gasteiger partial charge in [-0.1, -0.05) is 60.7 Å². The van der Waals surface area contributed by atoms with Gasteiger partial charge in [0.25, 0.3) is 0 Å². The van der Waals surface area contributed by atoms with Crippen molar-refractivity contribution in [3.05, 3.63) is 102 Å². The van der Waals surface area contributed by atoms with Crippen LogP contribution in [0.4, 0.5) is 0 Å². The highest BCUT2D eigenvalue weighted by atomic mass is 31.2. The molecule has 1 heterocycles. The molecule has 142 valence electrons. The number of rotatable bonds is 5. The van der Waals surface area contributed by atoms with E-state index in [0.29, 0.717) is 0 Å². The van der Waals surface area contributed by atoms with Gasteiger partial charge in [-0.15, -0.1) is 0 Å². The Bertz CT molecular complexity index is 933. The third-order valence-corrected chi connectivity index (χ3v) is 8.85. The number of methoxy groups -OCH3 is 1. The molecule has 28 heavy (non-hydrogen) atoms. The van der Waals surface area contributed by atoms with Gasteiger partial charge in [0, 0.05) is 6.21 Å². The van der Waals surface area contributed by atoms with E-state index in [9.17, 15) is 4.57 Å². The van der Waals surface area contributed by atoms with Gasteiger partial charge in [0.1, 0.15) is 5.75 Å². The smallest absolute Gasteiger partial charge is 0.204 e. The monoisotopic (exact) mass is 389 g/mol. The molecule has 3 aromatic carbocycles. The molecule has 0 saturated carbocycles. The molecule has 0 amide bonds. The van der Waals surface area contributed by atoms with E-state index in [-0.39, 0.29) is 11.3 Å². The molecule has 1 aliphatic rings. The Morgan fingerprint density at radius 2 is 1.32 bits per heavy atom. The fourth-order valence-corrected chi connectivity index (χ4v) is 7.33. The molecule has 0 unspecified atom stereocenters. The van der Waals surface area contributed by atoms with Crippen LogP contribution >= 0.6 is 7.29 Å². The molecule has 0 aromatic heterocycles. The Morgan fingerprint density at radius 3 is 1.79 bits per heavy atom. The van der Waals surface area contributed by atoms with Crippen LogP contribution in [0.25, 0.3) is 0 Å². The van der Waals surface area contributed by atoms with Gasteiger partial charge >= 0.3 is 0 Å². The van der Waals surface area contributed by atoms with Crippen LogP contribution in [-0.4, -0.2) is 13.3 Å². The number of nitrogens with zero attached hydrogens (tertiary/aromatic N) is 1. The van der Waals surface area contributed by atoms with Gasteiger partial charge in [0.2, 0.25) is 7.29 Å². The molecule has 2 atom stereocenters. The van der Waals surface area contributed by atoms with Gasteiger partial charge < -0.3 is 4.74 Å². The number of benzene rings is 3. The predicted octanol–water partition coefficient (Wildman–Crippen LogP) is 6.67. The van der Waals surface area contributed by atoms with E-state index in [4.69, 9.17) is 9.50 Å². The molecule has 1 aliphatic heterocycles. The lowest BCUT2D eigenvalue weighted by Gasteiger charge is -2.23. The van der Waals surface area contributed by atoms with Gasteiger partial charge in [-0.2, -0.15) is 0 Å².